The summed E-state index contributed by atoms with van der Waals surface area (Å²) in [6.07, 6.45) is -2.77. The van der Waals surface area contributed by atoms with Gasteiger partial charge in [-0.15, -0.1) is 0 Å². The van der Waals surface area contributed by atoms with Crippen LogP contribution in [0.15, 0.2) is 36.4 Å². The molecule has 0 aliphatic heterocycles. The third-order valence-electron chi connectivity index (χ3n) is 5.57. The van der Waals surface area contributed by atoms with Gasteiger partial charge in [0.25, 0.3) is 5.69 Å². The molecule has 2 aromatic rings. The minimum Gasteiger partial charge on any atom is -0.383 e. The molecule has 0 aliphatic carbocycles. The van der Waals surface area contributed by atoms with Crippen LogP contribution in [-0.4, -0.2) is 58.5 Å². The number of alkyl halides is 3. The van der Waals surface area contributed by atoms with Gasteiger partial charge in [-0.05, 0) is 43.2 Å². The van der Waals surface area contributed by atoms with Crippen molar-refractivity contribution < 1.29 is 27.6 Å². The topological polar surface area (TPSA) is 116 Å². The molecule has 0 amide bonds. The molecule has 0 saturated heterocycles. The molecular weight excluding hydrogens is 515 g/mol. The maximum Gasteiger partial charge on any atom is 0.417 e. The van der Waals surface area contributed by atoms with Crippen LogP contribution < -0.4 is 9.80 Å². The van der Waals surface area contributed by atoms with E-state index in [4.69, 9.17) is 20.0 Å². The molecule has 0 bridgehead atoms. The number of nitrogens with zero attached hydrogens (tertiary/aromatic N) is 5. The predicted octanol–water partition coefficient (Wildman–Crippen LogP) is 5.77. The third-order valence-corrected chi connectivity index (χ3v) is 5.57. The summed E-state index contributed by atoms with van der Waals surface area (Å²) in [5.74, 6) is 0. The molecule has 9 nitrogen and oxygen atoms in total. The van der Waals surface area contributed by atoms with Crippen LogP contribution in [0.4, 0.5) is 30.2 Å². The van der Waals surface area contributed by atoms with Gasteiger partial charge in [-0.3, -0.25) is 10.1 Å². The molecule has 2 aromatic carbocycles. The Hall–Kier alpha value is -3.87. The Balaban J connectivity index is 0.000000391. The maximum atomic E-state index is 12.9. The lowest BCUT2D eigenvalue weighted by Crippen LogP contribution is -2.28. The number of ether oxygens (including phenoxy) is 2. The molecule has 39 heavy (non-hydrogen) atoms. The zero-order valence-electron chi connectivity index (χ0n) is 22.6. The summed E-state index contributed by atoms with van der Waals surface area (Å²) in [6, 6.07) is 11.8. The fourth-order valence-corrected chi connectivity index (χ4v) is 3.71. The van der Waals surface area contributed by atoms with E-state index in [2.05, 4.69) is 6.92 Å². The molecule has 0 saturated carbocycles. The molecule has 0 radical (unpaired) electrons. The molecule has 0 unspecified atom stereocenters. The van der Waals surface area contributed by atoms with Gasteiger partial charge in [0.15, 0.2) is 0 Å². The third kappa shape index (κ3) is 10.4. The van der Waals surface area contributed by atoms with Crippen LogP contribution in [-0.2, 0) is 15.7 Å². The molecule has 12 heteroatoms. The monoisotopic (exact) mass is 549 g/mol. The summed E-state index contributed by atoms with van der Waals surface area (Å²) in [5, 5.41) is 28.5. The van der Waals surface area contributed by atoms with Crippen LogP contribution >= 0.6 is 0 Å². The van der Waals surface area contributed by atoms with Gasteiger partial charge in [0.05, 0.1) is 35.3 Å². The summed E-state index contributed by atoms with van der Waals surface area (Å²) in [4.78, 5) is 14.1. The zero-order chi connectivity index (χ0) is 29.4. The van der Waals surface area contributed by atoms with Crippen LogP contribution in [0, 0.1) is 32.8 Å². The van der Waals surface area contributed by atoms with Gasteiger partial charge in [-0.25, -0.2) is 0 Å². The second-order valence-corrected chi connectivity index (χ2v) is 8.37. The van der Waals surface area contributed by atoms with Crippen LogP contribution in [0.2, 0.25) is 0 Å². The highest BCUT2D eigenvalue weighted by Crippen LogP contribution is 2.34. The number of benzene rings is 2. The minimum absolute atomic E-state index is 0.0843. The summed E-state index contributed by atoms with van der Waals surface area (Å²) in [5.41, 5.74) is -0.0628. The van der Waals surface area contributed by atoms with E-state index in [1.165, 1.54) is 12.1 Å². The van der Waals surface area contributed by atoms with E-state index in [1.807, 2.05) is 22.8 Å². The first-order valence-electron chi connectivity index (χ1n) is 12.3. The highest BCUT2D eigenvalue weighted by Gasteiger charge is 2.34. The van der Waals surface area contributed by atoms with Gasteiger partial charge in [0, 0.05) is 57.8 Å². The second kappa shape index (κ2) is 16.9. The van der Waals surface area contributed by atoms with Gasteiger partial charge in [0.2, 0.25) is 0 Å². The van der Waals surface area contributed by atoms with Gasteiger partial charge in [-0.1, -0.05) is 13.8 Å². The smallest absolute Gasteiger partial charge is 0.383 e. The van der Waals surface area contributed by atoms with Crippen molar-refractivity contribution in [1.29, 1.82) is 10.5 Å². The van der Waals surface area contributed by atoms with Crippen molar-refractivity contribution in [2.24, 2.45) is 0 Å². The van der Waals surface area contributed by atoms with E-state index >= 15 is 0 Å². The summed E-state index contributed by atoms with van der Waals surface area (Å²) < 4.78 is 48.8. The normalized spacial score (nSPS) is 10.6. The Bertz CT molecular complexity index is 1150. The summed E-state index contributed by atoms with van der Waals surface area (Å²) in [6.45, 7) is 7.64. The van der Waals surface area contributed by atoms with E-state index in [9.17, 15) is 23.3 Å². The number of hydrogen-bond donors (Lipinski definition) is 0. The highest BCUT2D eigenvalue weighted by atomic mass is 19.4. The molecule has 0 atom stereocenters. The SMILES string of the molecule is CCCN(CCOC)c1ccc(C#N)c(C(F)(F)F)c1.CCCN(CCOC)c1ccc([N+](=O)[O-])c(C#N)c1. The molecular formula is C27H34F3N5O4. The average molecular weight is 550 g/mol. The largest absolute Gasteiger partial charge is 0.417 e. The van der Waals surface area contributed by atoms with Gasteiger partial charge in [0.1, 0.15) is 11.6 Å². The number of rotatable bonds is 13. The predicted molar refractivity (Wildman–Crippen MR) is 143 cm³/mol. The Morgan fingerprint density at radius 1 is 0.846 bits per heavy atom. The lowest BCUT2D eigenvalue weighted by Gasteiger charge is -2.25. The first-order valence-corrected chi connectivity index (χ1v) is 12.3. The van der Waals surface area contributed by atoms with Crippen LogP contribution in [0.5, 0.6) is 0 Å². The number of halogens is 3. The van der Waals surface area contributed by atoms with Gasteiger partial charge >= 0.3 is 6.18 Å². The van der Waals surface area contributed by atoms with Crippen molar-refractivity contribution in [2.45, 2.75) is 32.9 Å². The molecule has 0 fully saturated rings. The number of nitro groups is 1. The van der Waals surface area contributed by atoms with E-state index < -0.39 is 16.7 Å². The van der Waals surface area contributed by atoms with E-state index in [0.717, 1.165) is 31.1 Å². The Kier molecular flexibility index (Phi) is 14.3. The number of anilines is 2. The van der Waals surface area contributed by atoms with Crippen molar-refractivity contribution in [3.8, 4) is 12.1 Å². The maximum absolute atomic E-state index is 12.9. The van der Waals surface area contributed by atoms with Crippen molar-refractivity contribution >= 4 is 17.1 Å². The fourth-order valence-electron chi connectivity index (χ4n) is 3.71. The Morgan fingerprint density at radius 2 is 1.33 bits per heavy atom. The molecule has 0 aliphatic rings. The number of methoxy groups -OCH3 is 2. The minimum atomic E-state index is -4.53. The summed E-state index contributed by atoms with van der Waals surface area (Å²) in [7, 11) is 3.17. The Labute approximate surface area is 227 Å². The van der Waals surface area contributed by atoms with E-state index in [0.29, 0.717) is 38.5 Å². The van der Waals surface area contributed by atoms with Crippen LogP contribution in [0.3, 0.4) is 0 Å². The first kappa shape index (κ1) is 33.2. The standard InChI is InChI=1S/C14H17F3N2O.C13H17N3O3/c1-3-6-19(7-8-20-2)12-5-4-11(10-18)13(9-12)14(15,16)17;1-3-6-15(7-8-19-2)12-4-5-13(16(17)18)11(9-12)10-14/h4-5,9H,3,6-8H2,1-2H3;4-5,9H,3,6-8H2,1-2H3. The number of hydrogen-bond acceptors (Lipinski definition) is 8. The average Bonchev–Trinajstić information content (AvgIpc) is 2.92. The molecule has 0 aromatic heterocycles. The van der Waals surface area contributed by atoms with Crippen molar-refractivity contribution in [1.82, 2.24) is 0 Å². The van der Waals surface area contributed by atoms with Crippen molar-refractivity contribution in [3.05, 3.63) is 63.2 Å². The van der Waals surface area contributed by atoms with Gasteiger partial charge in [-0.2, -0.15) is 23.7 Å². The molecule has 0 spiro atoms. The second-order valence-electron chi connectivity index (χ2n) is 8.37. The highest BCUT2D eigenvalue weighted by molar-refractivity contribution is 5.60. The summed E-state index contributed by atoms with van der Waals surface area (Å²) >= 11 is 0. The Morgan fingerprint density at radius 3 is 1.74 bits per heavy atom. The molecule has 0 heterocycles. The number of nitriles is 2. The zero-order valence-corrected chi connectivity index (χ0v) is 22.6. The van der Waals surface area contributed by atoms with Crippen LogP contribution in [0.25, 0.3) is 0 Å². The first-order chi connectivity index (χ1) is 18.6. The fraction of sp³-hybridized carbons (Fsp3) is 0.481. The number of nitro benzene ring substituents is 1. The van der Waals surface area contributed by atoms with Crippen molar-refractivity contribution in [2.75, 3.05) is 63.4 Å². The lowest BCUT2D eigenvalue weighted by atomic mass is 10.1. The van der Waals surface area contributed by atoms with E-state index in [-0.39, 0.29) is 16.8 Å². The van der Waals surface area contributed by atoms with Gasteiger partial charge < -0.3 is 19.3 Å². The van der Waals surface area contributed by atoms with Crippen LogP contribution in [0.1, 0.15) is 43.4 Å². The quantitative estimate of drug-likeness (QED) is 0.228. The lowest BCUT2D eigenvalue weighted by molar-refractivity contribution is -0.385. The van der Waals surface area contributed by atoms with Crippen molar-refractivity contribution in [3.63, 3.8) is 0 Å². The molecule has 2 rings (SSSR count). The van der Waals surface area contributed by atoms with E-state index in [1.54, 1.807) is 38.5 Å². The molecule has 0 N–H and O–H groups in total. The molecule has 212 valence electrons.